The lowest BCUT2D eigenvalue weighted by Crippen LogP contribution is -2.55. The first-order chi connectivity index (χ1) is 17.3. The fraction of sp³-hybridized carbons (Fsp3) is 0.609. The average molecular weight is 556 g/mol. The van der Waals surface area contributed by atoms with Crippen LogP contribution in [0.1, 0.15) is 25.7 Å². The number of pyridine rings is 1. The number of thiophene rings is 1. The quantitative estimate of drug-likeness (QED) is 0.516. The zero-order chi connectivity index (χ0) is 25.3. The van der Waals surface area contributed by atoms with Crippen LogP contribution in [0.25, 0.3) is 10.2 Å². The Bertz CT molecular complexity index is 1230. The summed E-state index contributed by atoms with van der Waals surface area (Å²) in [6, 6.07) is 4.03. The Morgan fingerprint density at radius 3 is 2.75 bits per heavy atom. The van der Waals surface area contributed by atoms with Crippen LogP contribution in [-0.2, 0) is 24.3 Å². The number of halogens is 1. The first-order valence-electron chi connectivity index (χ1n) is 12.3. The summed E-state index contributed by atoms with van der Waals surface area (Å²) in [5.41, 5.74) is 0.493. The van der Waals surface area contributed by atoms with Crippen molar-refractivity contribution in [2.45, 2.75) is 42.0 Å². The molecule has 0 radical (unpaired) electrons. The third-order valence-corrected chi connectivity index (χ3v) is 10.3. The molecule has 13 heteroatoms. The van der Waals surface area contributed by atoms with Crippen LogP contribution in [0.15, 0.2) is 22.4 Å². The molecule has 2 atom stereocenters. The van der Waals surface area contributed by atoms with Gasteiger partial charge < -0.3 is 14.5 Å². The van der Waals surface area contributed by atoms with Gasteiger partial charge in [0.25, 0.3) is 10.0 Å². The number of rotatable bonds is 7. The van der Waals surface area contributed by atoms with Gasteiger partial charge in [-0.2, -0.15) is 4.72 Å². The predicted octanol–water partition coefficient (Wildman–Crippen LogP) is 1.54. The molecule has 5 heterocycles. The normalized spacial score (nSPS) is 24.1. The summed E-state index contributed by atoms with van der Waals surface area (Å²) < 4.78 is 34.9. The van der Waals surface area contributed by atoms with Gasteiger partial charge >= 0.3 is 0 Å². The molecule has 2 unspecified atom stereocenters. The van der Waals surface area contributed by atoms with Crippen LogP contribution in [0.3, 0.4) is 0 Å². The number of aromatic nitrogens is 1. The number of likely N-dealkylation sites (tertiary alicyclic amines) is 2. The summed E-state index contributed by atoms with van der Waals surface area (Å²) in [5, 5.41) is 0.283. The Kier molecular flexibility index (Phi) is 7.80. The first kappa shape index (κ1) is 25.8. The number of amides is 2. The lowest BCUT2D eigenvalue weighted by molar-refractivity contribution is -0.143. The second-order valence-electron chi connectivity index (χ2n) is 9.45. The number of sulfonamides is 1. The highest BCUT2D eigenvalue weighted by Gasteiger charge is 2.36. The van der Waals surface area contributed by atoms with Crippen molar-refractivity contribution in [2.24, 2.45) is 0 Å². The van der Waals surface area contributed by atoms with Crippen molar-refractivity contribution in [3.05, 3.63) is 23.4 Å². The highest BCUT2D eigenvalue weighted by atomic mass is 35.5. The lowest BCUT2D eigenvalue weighted by atomic mass is 10.1. The van der Waals surface area contributed by atoms with Crippen LogP contribution in [-0.4, -0.2) is 104 Å². The number of piperidine rings is 1. The summed E-state index contributed by atoms with van der Waals surface area (Å²) in [6.45, 7) is 5.09. The maximum Gasteiger partial charge on any atom is 0.250 e. The van der Waals surface area contributed by atoms with Crippen molar-refractivity contribution in [1.82, 2.24) is 24.4 Å². The lowest BCUT2D eigenvalue weighted by Gasteiger charge is -2.35. The van der Waals surface area contributed by atoms with Crippen LogP contribution in [0.2, 0.25) is 5.15 Å². The molecule has 3 saturated heterocycles. The van der Waals surface area contributed by atoms with Gasteiger partial charge in [0.2, 0.25) is 11.8 Å². The van der Waals surface area contributed by atoms with Crippen molar-refractivity contribution >= 4 is 55.0 Å². The summed E-state index contributed by atoms with van der Waals surface area (Å²) in [7, 11) is -3.93. The number of morpholine rings is 1. The molecule has 1 N–H and O–H groups in total. The molecule has 0 bridgehead atoms. The number of hydrogen-bond donors (Lipinski definition) is 1. The topological polar surface area (TPSA) is 112 Å². The van der Waals surface area contributed by atoms with Gasteiger partial charge in [0.05, 0.1) is 30.0 Å². The van der Waals surface area contributed by atoms with E-state index in [2.05, 4.69) is 14.6 Å². The van der Waals surface area contributed by atoms with E-state index in [0.29, 0.717) is 49.4 Å². The SMILES string of the molecule is O=C1C(NS(=O)(=O)c2cc3nc(Cl)ccc3s2)CCCN1CC(=O)N1CCCC1CN1CCOCC1. The molecule has 2 amide bonds. The number of carbonyl (C=O) groups is 2. The molecule has 0 aromatic carbocycles. The van der Waals surface area contributed by atoms with E-state index in [1.165, 1.54) is 11.0 Å². The zero-order valence-electron chi connectivity index (χ0n) is 19.9. The van der Waals surface area contributed by atoms with E-state index in [1.54, 1.807) is 12.1 Å². The maximum absolute atomic E-state index is 13.2. The molecule has 3 aliphatic rings. The Hall–Kier alpha value is -1.83. The number of carbonyl (C=O) groups excluding carboxylic acids is 2. The number of fused-ring (bicyclic) bond motifs is 1. The highest BCUT2D eigenvalue weighted by molar-refractivity contribution is 7.91. The Morgan fingerprint density at radius 1 is 1.17 bits per heavy atom. The Balaban J connectivity index is 1.21. The monoisotopic (exact) mass is 555 g/mol. The van der Waals surface area contributed by atoms with Crippen LogP contribution in [0.4, 0.5) is 0 Å². The predicted molar refractivity (Wildman–Crippen MR) is 137 cm³/mol. The molecular weight excluding hydrogens is 526 g/mol. The third kappa shape index (κ3) is 5.68. The molecule has 3 fully saturated rings. The fourth-order valence-corrected chi connectivity index (χ4v) is 7.87. The molecule has 2 aromatic rings. The number of ether oxygens (including phenoxy) is 1. The van der Waals surface area contributed by atoms with E-state index in [4.69, 9.17) is 16.3 Å². The van der Waals surface area contributed by atoms with Gasteiger partial charge in [-0.3, -0.25) is 14.5 Å². The van der Waals surface area contributed by atoms with Gasteiger partial charge in [0, 0.05) is 38.8 Å². The van der Waals surface area contributed by atoms with Gasteiger partial charge in [-0.05, 0) is 43.9 Å². The van der Waals surface area contributed by atoms with E-state index < -0.39 is 16.1 Å². The second kappa shape index (κ2) is 10.9. The minimum absolute atomic E-state index is 0.0258. The van der Waals surface area contributed by atoms with Crippen LogP contribution in [0.5, 0.6) is 0 Å². The van der Waals surface area contributed by atoms with Crippen molar-refractivity contribution < 1.29 is 22.7 Å². The molecule has 196 valence electrons. The van der Waals surface area contributed by atoms with Crippen molar-refractivity contribution in [3.8, 4) is 0 Å². The summed E-state index contributed by atoms with van der Waals surface area (Å²) >= 11 is 7.00. The summed E-state index contributed by atoms with van der Waals surface area (Å²) in [6.07, 6.45) is 2.91. The molecule has 5 rings (SSSR count). The van der Waals surface area contributed by atoms with Crippen molar-refractivity contribution in [1.29, 1.82) is 0 Å². The molecule has 0 saturated carbocycles. The first-order valence-corrected chi connectivity index (χ1v) is 14.9. The van der Waals surface area contributed by atoms with Crippen molar-refractivity contribution in [3.63, 3.8) is 0 Å². The van der Waals surface area contributed by atoms with Crippen LogP contribution in [0, 0.1) is 0 Å². The standard InChI is InChI=1S/C23H30ClN5O5S2/c24-20-6-5-19-18(25-20)13-22(35-19)36(32,33)26-17-4-2-7-28(23(17)31)15-21(30)29-8-1-3-16(29)14-27-9-11-34-12-10-27/h5-6,13,16-17,26H,1-4,7-12,14-15H2. The largest absolute Gasteiger partial charge is 0.379 e. The Morgan fingerprint density at radius 2 is 1.94 bits per heavy atom. The van der Waals surface area contributed by atoms with E-state index in [-0.39, 0.29) is 33.8 Å². The minimum atomic E-state index is -3.93. The van der Waals surface area contributed by atoms with Gasteiger partial charge in [-0.15, -0.1) is 11.3 Å². The molecular formula is C23H30ClN5O5S2. The molecule has 2 aromatic heterocycles. The van der Waals surface area contributed by atoms with E-state index in [1.807, 2.05) is 4.90 Å². The van der Waals surface area contributed by atoms with Crippen LogP contribution < -0.4 is 4.72 Å². The molecule has 10 nitrogen and oxygen atoms in total. The van der Waals surface area contributed by atoms with E-state index in [9.17, 15) is 18.0 Å². The molecule has 3 aliphatic heterocycles. The van der Waals surface area contributed by atoms with Crippen LogP contribution >= 0.6 is 22.9 Å². The summed E-state index contributed by atoms with van der Waals surface area (Å²) in [4.78, 5) is 36.2. The molecule has 0 aliphatic carbocycles. The third-order valence-electron chi connectivity index (χ3n) is 7.01. The minimum Gasteiger partial charge on any atom is -0.379 e. The fourth-order valence-electron chi connectivity index (χ4n) is 5.15. The molecule has 36 heavy (non-hydrogen) atoms. The van der Waals surface area contributed by atoms with Gasteiger partial charge in [-0.1, -0.05) is 11.6 Å². The van der Waals surface area contributed by atoms with Crippen molar-refractivity contribution in [2.75, 3.05) is 52.5 Å². The zero-order valence-corrected chi connectivity index (χ0v) is 22.3. The Labute approximate surface area is 219 Å². The molecule has 0 spiro atoms. The number of nitrogens with zero attached hydrogens (tertiary/aromatic N) is 4. The van der Waals surface area contributed by atoms with Gasteiger partial charge in [0.1, 0.15) is 15.4 Å². The van der Waals surface area contributed by atoms with Gasteiger partial charge in [-0.25, -0.2) is 13.4 Å². The van der Waals surface area contributed by atoms with E-state index in [0.717, 1.165) is 43.8 Å². The van der Waals surface area contributed by atoms with E-state index >= 15 is 0 Å². The highest BCUT2D eigenvalue weighted by Crippen LogP contribution is 2.29. The second-order valence-corrected chi connectivity index (χ2v) is 12.9. The maximum atomic E-state index is 13.2. The average Bonchev–Trinajstić information content (AvgIpc) is 3.49. The van der Waals surface area contributed by atoms with Gasteiger partial charge in [0.15, 0.2) is 0 Å². The number of hydrogen-bond acceptors (Lipinski definition) is 8. The number of nitrogens with one attached hydrogen (secondary N) is 1. The smallest absolute Gasteiger partial charge is 0.250 e. The summed E-state index contributed by atoms with van der Waals surface area (Å²) in [5.74, 6) is -0.431.